The van der Waals surface area contributed by atoms with Gasteiger partial charge in [0.25, 0.3) is 5.91 Å². The number of carbonyl (C=O) groups is 4. The van der Waals surface area contributed by atoms with Gasteiger partial charge in [-0.15, -0.1) is 0 Å². The molecule has 178 valence electrons. The molecule has 1 atom stereocenters. The number of hydrogen-bond acceptors (Lipinski definition) is 6. The van der Waals surface area contributed by atoms with Gasteiger partial charge < -0.3 is 10.1 Å². The smallest absolute Gasteiger partial charge is 0.328 e. The summed E-state index contributed by atoms with van der Waals surface area (Å²) in [6.07, 6.45) is 0.865. The number of carbonyl (C=O) groups excluding carboxylic acids is 4. The molecule has 9 heteroatoms. The molecule has 1 aromatic heterocycles. The Kier molecular flexibility index (Phi) is 5.68. The van der Waals surface area contributed by atoms with Crippen molar-refractivity contribution in [3.05, 3.63) is 71.4 Å². The van der Waals surface area contributed by atoms with Gasteiger partial charge in [0.2, 0.25) is 11.8 Å². The van der Waals surface area contributed by atoms with Crippen LogP contribution in [0.15, 0.2) is 54.6 Å². The van der Waals surface area contributed by atoms with Crippen LogP contribution < -0.4 is 20.7 Å². The quantitative estimate of drug-likeness (QED) is 0.490. The first kappa shape index (κ1) is 22.5. The number of pyridine rings is 1. The molecule has 1 saturated heterocycles. The Morgan fingerprint density at radius 3 is 2.54 bits per heavy atom. The molecule has 0 radical (unpaired) electrons. The third-order valence-corrected chi connectivity index (χ3v) is 6.61. The first-order valence-electron chi connectivity index (χ1n) is 11.4. The summed E-state index contributed by atoms with van der Waals surface area (Å²) in [6.45, 7) is 2.31. The lowest BCUT2D eigenvalue weighted by Gasteiger charge is -2.30. The molecule has 5 rings (SSSR count). The number of nitrogens with zero attached hydrogens (tertiary/aromatic N) is 1. The maximum absolute atomic E-state index is 12.7. The van der Waals surface area contributed by atoms with E-state index in [1.807, 2.05) is 37.3 Å². The number of para-hydroxylation sites is 1. The van der Waals surface area contributed by atoms with E-state index in [0.717, 1.165) is 22.2 Å². The zero-order valence-corrected chi connectivity index (χ0v) is 19.1. The van der Waals surface area contributed by atoms with E-state index in [4.69, 9.17) is 4.74 Å². The van der Waals surface area contributed by atoms with Gasteiger partial charge in [0, 0.05) is 28.2 Å². The summed E-state index contributed by atoms with van der Waals surface area (Å²) in [6, 6.07) is 15.5. The number of barbiturate groups is 1. The highest BCUT2D eigenvalue weighted by Crippen LogP contribution is 2.40. The number of fused-ring (bicyclic) bond motifs is 1. The summed E-state index contributed by atoms with van der Waals surface area (Å²) >= 11 is 0. The Hall–Kier alpha value is -4.27. The Morgan fingerprint density at radius 2 is 1.80 bits per heavy atom. The van der Waals surface area contributed by atoms with Crippen LogP contribution >= 0.6 is 0 Å². The van der Waals surface area contributed by atoms with Crippen molar-refractivity contribution in [2.75, 3.05) is 0 Å². The lowest BCUT2D eigenvalue weighted by Crippen LogP contribution is -2.61. The van der Waals surface area contributed by atoms with Crippen LogP contribution in [0.5, 0.6) is 5.75 Å². The number of benzene rings is 2. The van der Waals surface area contributed by atoms with Crippen molar-refractivity contribution in [1.29, 1.82) is 0 Å². The van der Waals surface area contributed by atoms with Crippen LogP contribution in [0, 0.1) is 12.3 Å². The predicted molar refractivity (Wildman–Crippen MR) is 126 cm³/mol. The number of imide groups is 2. The Balaban J connectivity index is 1.21. The number of rotatable bonds is 5. The summed E-state index contributed by atoms with van der Waals surface area (Å²) in [5.41, 5.74) is 1.98. The number of aromatic nitrogens is 1. The van der Waals surface area contributed by atoms with Gasteiger partial charge in [-0.2, -0.15) is 0 Å². The van der Waals surface area contributed by atoms with Crippen molar-refractivity contribution in [3.63, 3.8) is 0 Å². The van der Waals surface area contributed by atoms with E-state index >= 15 is 0 Å². The highest BCUT2D eigenvalue weighted by Gasteiger charge is 2.54. The summed E-state index contributed by atoms with van der Waals surface area (Å²) in [7, 11) is 0. The van der Waals surface area contributed by atoms with Gasteiger partial charge >= 0.3 is 6.03 Å². The lowest BCUT2D eigenvalue weighted by molar-refractivity contribution is -0.144. The number of amides is 5. The minimum atomic E-state index is -1.32. The fourth-order valence-corrected chi connectivity index (χ4v) is 4.81. The Labute approximate surface area is 201 Å². The van der Waals surface area contributed by atoms with Gasteiger partial charge in [0.1, 0.15) is 17.8 Å². The van der Waals surface area contributed by atoms with E-state index in [-0.39, 0.29) is 24.8 Å². The Bertz CT molecular complexity index is 1330. The zero-order chi connectivity index (χ0) is 24.6. The molecule has 5 amide bonds. The number of ether oxygens (including phenoxy) is 1. The fraction of sp³-hybridized carbons (Fsp3) is 0.269. The molecule has 3 N–H and O–H groups in total. The maximum atomic E-state index is 12.7. The highest BCUT2D eigenvalue weighted by molar-refractivity contribution is 6.19. The van der Waals surface area contributed by atoms with Gasteiger partial charge in [0.05, 0.1) is 5.52 Å². The summed E-state index contributed by atoms with van der Waals surface area (Å²) < 4.78 is 5.95. The SMILES string of the molecule is Cc1cc(COc2ccc(C(=O)N[C@@H]3CCC4(C3)C(=O)NC(=O)NC4=O)cc2)c2ccccc2n1. The van der Waals surface area contributed by atoms with Crippen LogP contribution in [0.4, 0.5) is 4.79 Å². The van der Waals surface area contributed by atoms with Crippen LogP contribution in [0.3, 0.4) is 0 Å². The number of nitrogens with one attached hydrogen (secondary N) is 3. The first-order chi connectivity index (χ1) is 16.8. The summed E-state index contributed by atoms with van der Waals surface area (Å²) in [5.74, 6) is -0.898. The monoisotopic (exact) mass is 472 g/mol. The Morgan fingerprint density at radius 1 is 1.09 bits per heavy atom. The minimum absolute atomic E-state index is 0.143. The second-order valence-electron chi connectivity index (χ2n) is 8.99. The van der Waals surface area contributed by atoms with Crippen LogP contribution in [0.25, 0.3) is 10.9 Å². The molecule has 1 aliphatic heterocycles. The molecule has 9 nitrogen and oxygen atoms in total. The van der Waals surface area contributed by atoms with E-state index in [1.54, 1.807) is 24.3 Å². The van der Waals surface area contributed by atoms with Gasteiger partial charge in [-0.05, 0) is 62.6 Å². The topological polar surface area (TPSA) is 126 Å². The molecule has 1 saturated carbocycles. The molecule has 2 aliphatic rings. The van der Waals surface area contributed by atoms with Crippen LogP contribution in [0.1, 0.15) is 40.9 Å². The molecule has 1 aliphatic carbocycles. The standard InChI is InChI=1S/C26H24N4O5/c1-15-12-17(20-4-2-3-5-21(20)27-15)14-35-19-8-6-16(7-9-19)22(31)28-18-10-11-26(13-18)23(32)29-25(34)30-24(26)33/h2-9,12,18H,10-11,13-14H2,1H3,(H,28,31)(H2,29,30,32,33,34)/t18-/m1/s1. The van der Waals surface area contributed by atoms with E-state index in [0.29, 0.717) is 24.3 Å². The van der Waals surface area contributed by atoms with Crippen LogP contribution in [-0.4, -0.2) is 34.8 Å². The van der Waals surface area contributed by atoms with Gasteiger partial charge in [-0.25, -0.2) is 4.79 Å². The normalized spacial score (nSPS) is 18.9. The maximum Gasteiger partial charge on any atom is 0.328 e. The van der Waals surface area contributed by atoms with Crippen molar-refractivity contribution in [2.45, 2.75) is 38.8 Å². The third kappa shape index (κ3) is 4.32. The molecule has 2 aromatic carbocycles. The van der Waals surface area contributed by atoms with E-state index in [1.165, 1.54) is 0 Å². The second-order valence-corrected chi connectivity index (χ2v) is 8.99. The number of aryl methyl sites for hydroxylation is 1. The predicted octanol–water partition coefficient (Wildman–Crippen LogP) is 2.76. The fourth-order valence-electron chi connectivity index (χ4n) is 4.81. The van der Waals surface area contributed by atoms with Crippen molar-refractivity contribution >= 4 is 34.7 Å². The zero-order valence-electron chi connectivity index (χ0n) is 19.1. The average molecular weight is 473 g/mol. The van der Waals surface area contributed by atoms with E-state index in [9.17, 15) is 19.2 Å². The molecule has 2 fully saturated rings. The van der Waals surface area contributed by atoms with Crippen molar-refractivity contribution in [1.82, 2.24) is 20.9 Å². The summed E-state index contributed by atoms with van der Waals surface area (Å²) in [5, 5.41) is 8.23. The second kappa shape index (κ2) is 8.83. The van der Waals surface area contributed by atoms with Crippen LogP contribution in [-0.2, 0) is 16.2 Å². The molecule has 2 heterocycles. The molecule has 3 aromatic rings. The van der Waals surface area contributed by atoms with Gasteiger partial charge in [-0.1, -0.05) is 18.2 Å². The number of urea groups is 1. The molecule has 1 spiro atoms. The van der Waals surface area contributed by atoms with Crippen molar-refractivity contribution in [3.8, 4) is 5.75 Å². The first-order valence-corrected chi connectivity index (χ1v) is 11.4. The molecule has 0 unspecified atom stereocenters. The van der Waals surface area contributed by atoms with Crippen LogP contribution in [0.2, 0.25) is 0 Å². The number of hydrogen-bond donors (Lipinski definition) is 3. The van der Waals surface area contributed by atoms with Gasteiger partial charge in [-0.3, -0.25) is 30.0 Å². The summed E-state index contributed by atoms with van der Waals surface area (Å²) in [4.78, 5) is 53.3. The molecular formula is C26H24N4O5. The largest absolute Gasteiger partial charge is 0.489 e. The van der Waals surface area contributed by atoms with Crippen molar-refractivity contribution < 1.29 is 23.9 Å². The van der Waals surface area contributed by atoms with Gasteiger partial charge in [0.15, 0.2) is 0 Å². The average Bonchev–Trinajstić information content (AvgIpc) is 3.26. The van der Waals surface area contributed by atoms with Crippen molar-refractivity contribution in [2.24, 2.45) is 5.41 Å². The molecular weight excluding hydrogens is 448 g/mol. The molecule has 35 heavy (non-hydrogen) atoms. The van der Waals surface area contributed by atoms with E-state index in [2.05, 4.69) is 20.9 Å². The minimum Gasteiger partial charge on any atom is -0.489 e. The van der Waals surface area contributed by atoms with E-state index < -0.39 is 23.3 Å². The lowest BCUT2D eigenvalue weighted by atomic mass is 9.82. The molecule has 0 bridgehead atoms. The third-order valence-electron chi connectivity index (χ3n) is 6.61. The highest BCUT2D eigenvalue weighted by atomic mass is 16.5.